The molecule has 0 aromatic carbocycles. The minimum Gasteiger partial charge on any atom is -0.464 e. The van der Waals surface area contributed by atoms with Crippen LogP contribution in [0.25, 0.3) is 0 Å². The maximum Gasteiger partial charge on any atom is 0.357 e. The molecule has 4 nitrogen and oxygen atoms in total. The van der Waals surface area contributed by atoms with Gasteiger partial charge in [-0.2, -0.15) is 0 Å². The molecule has 0 bridgehead atoms. The SMILES string of the molecule is COC(=O)c1nc(N(CC2CC2)CC2CC2)sc1C. The molecular formula is C14H20N2O2S. The Bertz CT molecular complexity index is 464. The fraction of sp³-hybridized carbons (Fsp3) is 0.714. The highest BCUT2D eigenvalue weighted by Gasteiger charge is 2.31. The maximum atomic E-state index is 11.6. The van der Waals surface area contributed by atoms with Gasteiger partial charge >= 0.3 is 5.97 Å². The molecule has 0 unspecified atom stereocenters. The molecule has 2 fully saturated rings. The predicted molar refractivity (Wildman–Crippen MR) is 75.9 cm³/mol. The summed E-state index contributed by atoms with van der Waals surface area (Å²) in [6, 6.07) is 0. The fourth-order valence-electron chi connectivity index (χ4n) is 2.26. The third-order valence-electron chi connectivity index (χ3n) is 3.79. The van der Waals surface area contributed by atoms with Crippen LogP contribution >= 0.6 is 11.3 Å². The number of nitrogens with zero attached hydrogens (tertiary/aromatic N) is 2. The summed E-state index contributed by atoms with van der Waals surface area (Å²) in [5, 5.41) is 0.997. The molecule has 1 aromatic rings. The van der Waals surface area contributed by atoms with E-state index in [4.69, 9.17) is 4.74 Å². The van der Waals surface area contributed by atoms with Crippen LogP contribution in [-0.4, -0.2) is 31.2 Å². The van der Waals surface area contributed by atoms with E-state index in [-0.39, 0.29) is 5.97 Å². The van der Waals surface area contributed by atoms with Crippen molar-refractivity contribution < 1.29 is 9.53 Å². The summed E-state index contributed by atoms with van der Waals surface area (Å²) < 4.78 is 4.78. The highest BCUT2D eigenvalue weighted by Crippen LogP contribution is 2.37. The Labute approximate surface area is 117 Å². The summed E-state index contributed by atoms with van der Waals surface area (Å²) in [6.07, 6.45) is 5.37. The van der Waals surface area contributed by atoms with E-state index in [1.807, 2.05) is 6.92 Å². The van der Waals surface area contributed by atoms with Crippen molar-refractivity contribution in [2.45, 2.75) is 32.6 Å². The zero-order valence-electron chi connectivity index (χ0n) is 11.5. The first-order valence-corrected chi connectivity index (χ1v) is 7.79. The van der Waals surface area contributed by atoms with Crippen molar-refractivity contribution in [2.75, 3.05) is 25.1 Å². The van der Waals surface area contributed by atoms with Crippen LogP contribution in [0.2, 0.25) is 0 Å². The number of aryl methyl sites for hydroxylation is 1. The lowest BCUT2D eigenvalue weighted by Crippen LogP contribution is -2.28. The van der Waals surface area contributed by atoms with Crippen LogP contribution in [0.1, 0.15) is 41.0 Å². The van der Waals surface area contributed by atoms with Crippen LogP contribution in [0.3, 0.4) is 0 Å². The summed E-state index contributed by atoms with van der Waals surface area (Å²) in [6.45, 7) is 4.15. The summed E-state index contributed by atoms with van der Waals surface area (Å²) in [5.41, 5.74) is 0.485. The van der Waals surface area contributed by atoms with Gasteiger partial charge in [0.2, 0.25) is 0 Å². The average molecular weight is 280 g/mol. The van der Waals surface area contributed by atoms with Gasteiger partial charge < -0.3 is 9.64 Å². The Morgan fingerprint density at radius 3 is 2.37 bits per heavy atom. The number of rotatable bonds is 6. The lowest BCUT2D eigenvalue weighted by atomic mass is 10.3. The number of hydrogen-bond donors (Lipinski definition) is 0. The van der Waals surface area contributed by atoms with Crippen molar-refractivity contribution in [2.24, 2.45) is 11.8 Å². The molecule has 19 heavy (non-hydrogen) atoms. The van der Waals surface area contributed by atoms with Crippen molar-refractivity contribution in [3.05, 3.63) is 10.6 Å². The minimum atomic E-state index is -0.321. The first-order valence-electron chi connectivity index (χ1n) is 6.98. The summed E-state index contributed by atoms with van der Waals surface area (Å²) >= 11 is 1.62. The molecule has 0 spiro atoms. The van der Waals surface area contributed by atoms with Gasteiger partial charge in [0.05, 0.1) is 7.11 Å². The fourth-order valence-corrected chi connectivity index (χ4v) is 3.17. The molecule has 2 saturated carbocycles. The number of anilines is 1. The van der Waals surface area contributed by atoms with Gasteiger partial charge in [-0.1, -0.05) is 0 Å². The van der Waals surface area contributed by atoms with E-state index in [1.54, 1.807) is 11.3 Å². The van der Waals surface area contributed by atoms with Crippen LogP contribution < -0.4 is 4.90 Å². The number of aromatic nitrogens is 1. The summed E-state index contributed by atoms with van der Waals surface area (Å²) in [5.74, 6) is 1.35. The van der Waals surface area contributed by atoms with Crippen LogP contribution in [0.15, 0.2) is 0 Å². The van der Waals surface area contributed by atoms with Gasteiger partial charge in [0, 0.05) is 18.0 Å². The Morgan fingerprint density at radius 1 is 1.32 bits per heavy atom. The molecular weight excluding hydrogens is 260 g/mol. The lowest BCUT2D eigenvalue weighted by Gasteiger charge is -2.21. The van der Waals surface area contributed by atoms with E-state index in [0.29, 0.717) is 5.69 Å². The minimum absolute atomic E-state index is 0.321. The molecule has 5 heteroatoms. The third-order valence-corrected chi connectivity index (χ3v) is 4.82. The monoisotopic (exact) mass is 280 g/mol. The zero-order valence-corrected chi connectivity index (χ0v) is 12.3. The zero-order chi connectivity index (χ0) is 13.4. The molecule has 0 aliphatic heterocycles. The normalized spacial score (nSPS) is 18.4. The second kappa shape index (κ2) is 5.12. The van der Waals surface area contributed by atoms with Crippen LogP contribution in [0.5, 0.6) is 0 Å². The number of thiazole rings is 1. The molecule has 0 amide bonds. The number of carbonyl (C=O) groups is 1. The van der Waals surface area contributed by atoms with Crippen molar-refractivity contribution in [1.29, 1.82) is 0 Å². The summed E-state index contributed by atoms with van der Waals surface area (Å²) in [7, 11) is 1.41. The molecule has 1 heterocycles. The van der Waals surface area contributed by atoms with Gasteiger partial charge in [-0.3, -0.25) is 0 Å². The van der Waals surface area contributed by atoms with E-state index < -0.39 is 0 Å². The molecule has 1 aromatic heterocycles. The smallest absolute Gasteiger partial charge is 0.357 e. The van der Waals surface area contributed by atoms with E-state index in [0.717, 1.165) is 34.9 Å². The van der Waals surface area contributed by atoms with Gasteiger partial charge in [-0.15, -0.1) is 11.3 Å². The predicted octanol–water partition coefficient (Wildman–Crippen LogP) is 2.86. The Balaban J connectivity index is 1.77. The molecule has 0 saturated heterocycles. The number of ether oxygens (including phenoxy) is 1. The maximum absolute atomic E-state index is 11.6. The van der Waals surface area contributed by atoms with Gasteiger partial charge in [0.25, 0.3) is 0 Å². The van der Waals surface area contributed by atoms with Crippen LogP contribution in [-0.2, 0) is 4.74 Å². The second-order valence-electron chi connectivity index (χ2n) is 5.68. The van der Waals surface area contributed by atoms with E-state index in [2.05, 4.69) is 9.88 Å². The number of hydrogen-bond acceptors (Lipinski definition) is 5. The standard InChI is InChI=1S/C14H20N2O2S/c1-9-12(13(17)18-2)15-14(19-9)16(7-10-3-4-10)8-11-5-6-11/h10-11H,3-8H2,1-2H3. The van der Waals surface area contributed by atoms with Gasteiger partial charge in [-0.05, 0) is 44.4 Å². The Hall–Kier alpha value is -1.10. The number of carbonyl (C=O) groups excluding carboxylic acids is 1. The molecule has 2 aliphatic carbocycles. The first kappa shape index (κ1) is 12.9. The Kier molecular flexibility index (Phi) is 3.48. The van der Waals surface area contributed by atoms with Crippen molar-refractivity contribution >= 4 is 22.4 Å². The molecule has 3 rings (SSSR count). The largest absolute Gasteiger partial charge is 0.464 e. The second-order valence-corrected chi connectivity index (χ2v) is 6.87. The molecule has 2 aliphatic rings. The molecule has 0 radical (unpaired) electrons. The van der Waals surface area contributed by atoms with E-state index in [9.17, 15) is 4.79 Å². The quantitative estimate of drug-likeness (QED) is 0.751. The van der Waals surface area contributed by atoms with E-state index >= 15 is 0 Å². The van der Waals surface area contributed by atoms with Crippen LogP contribution in [0.4, 0.5) is 5.13 Å². The Morgan fingerprint density at radius 2 is 1.89 bits per heavy atom. The van der Waals surface area contributed by atoms with Crippen molar-refractivity contribution in [3.8, 4) is 0 Å². The molecule has 0 N–H and O–H groups in total. The van der Waals surface area contributed by atoms with Crippen molar-refractivity contribution in [1.82, 2.24) is 4.98 Å². The topological polar surface area (TPSA) is 42.4 Å². The average Bonchev–Trinajstić information content (AvgIpc) is 3.30. The van der Waals surface area contributed by atoms with Gasteiger partial charge in [0.1, 0.15) is 0 Å². The third kappa shape index (κ3) is 3.08. The van der Waals surface area contributed by atoms with Crippen molar-refractivity contribution in [3.63, 3.8) is 0 Å². The number of esters is 1. The molecule has 0 atom stereocenters. The number of methoxy groups -OCH3 is 1. The summed E-state index contributed by atoms with van der Waals surface area (Å²) in [4.78, 5) is 19.5. The van der Waals surface area contributed by atoms with Gasteiger partial charge in [-0.25, -0.2) is 9.78 Å². The van der Waals surface area contributed by atoms with E-state index in [1.165, 1.54) is 32.8 Å². The highest BCUT2D eigenvalue weighted by atomic mass is 32.1. The van der Waals surface area contributed by atoms with Crippen LogP contribution in [0, 0.1) is 18.8 Å². The van der Waals surface area contributed by atoms with Gasteiger partial charge in [0.15, 0.2) is 10.8 Å². The first-order chi connectivity index (χ1) is 9.17. The highest BCUT2D eigenvalue weighted by molar-refractivity contribution is 7.15. The molecule has 104 valence electrons. The lowest BCUT2D eigenvalue weighted by molar-refractivity contribution is 0.0594.